The van der Waals surface area contributed by atoms with Crippen molar-refractivity contribution in [2.24, 2.45) is 0 Å². The predicted octanol–water partition coefficient (Wildman–Crippen LogP) is 4.17. The van der Waals surface area contributed by atoms with Gasteiger partial charge in [0, 0.05) is 5.56 Å². The number of hydrogen-bond donors (Lipinski definition) is 1. The summed E-state index contributed by atoms with van der Waals surface area (Å²) in [4.78, 5) is 0. The van der Waals surface area contributed by atoms with E-state index in [1.807, 2.05) is 0 Å². The van der Waals surface area contributed by atoms with Crippen LogP contribution in [0.3, 0.4) is 0 Å². The van der Waals surface area contributed by atoms with Gasteiger partial charge in [-0.1, -0.05) is 36.4 Å². The highest BCUT2D eigenvalue weighted by atomic mass is 19.3. The fraction of sp³-hybridized carbons (Fsp3) is 0.143. The minimum Gasteiger partial charge on any atom is -0.374 e. The monoisotopic (exact) mass is 269 g/mol. The van der Waals surface area contributed by atoms with Crippen molar-refractivity contribution in [3.8, 4) is 0 Å². The molecule has 1 N–H and O–H groups in total. The van der Waals surface area contributed by atoms with Crippen molar-refractivity contribution in [3.05, 3.63) is 65.7 Å². The van der Waals surface area contributed by atoms with E-state index in [1.165, 1.54) is 30.3 Å². The molecule has 0 spiro atoms. The first kappa shape index (κ1) is 13.4. The predicted molar refractivity (Wildman–Crippen MR) is 65.2 cm³/mol. The summed E-state index contributed by atoms with van der Waals surface area (Å²) in [5, 5.41) is 2.12. The van der Waals surface area contributed by atoms with Crippen LogP contribution in [0.4, 0.5) is 23.2 Å². The van der Waals surface area contributed by atoms with Gasteiger partial charge in [0.15, 0.2) is 0 Å². The fourth-order valence-corrected chi connectivity index (χ4v) is 1.65. The molecule has 19 heavy (non-hydrogen) atoms. The second-order valence-corrected chi connectivity index (χ2v) is 4.02. The molecule has 0 aliphatic carbocycles. The van der Waals surface area contributed by atoms with Gasteiger partial charge < -0.3 is 5.32 Å². The lowest BCUT2D eigenvalue weighted by Crippen LogP contribution is -2.25. The third-order valence-electron chi connectivity index (χ3n) is 2.65. The lowest BCUT2D eigenvalue weighted by atomic mass is 10.1. The van der Waals surface area contributed by atoms with Crippen LogP contribution in [0.5, 0.6) is 0 Å². The van der Waals surface area contributed by atoms with E-state index in [1.54, 1.807) is 6.07 Å². The Kier molecular flexibility index (Phi) is 3.74. The van der Waals surface area contributed by atoms with Gasteiger partial charge in [-0.05, 0) is 12.1 Å². The number of anilines is 1. The van der Waals surface area contributed by atoms with Crippen molar-refractivity contribution in [1.82, 2.24) is 0 Å². The molecule has 1 nitrogen and oxygen atoms in total. The molecule has 0 bridgehead atoms. The Morgan fingerprint density at radius 3 is 2.00 bits per heavy atom. The number of hydrogen-bond acceptors (Lipinski definition) is 1. The van der Waals surface area contributed by atoms with Crippen LogP contribution in [-0.4, -0.2) is 6.54 Å². The highest BCUT2D eigenvalue weighted by molar-refractivity contribution is 5.46. The smallest absolute Gasteiger partial charge is 0.290 e. The number of alkyl halides is 2. The molecular weight excluding hydrogens is 258 g/mol. The normalized spacial score (nSPS) is 11.4. The van der Waals surface area contributed by atoms with Gasteiger partial charge >= 0.3 is 0 Å². The summed E-state index contributed by atoms with van der Waals surface area (Å²) < 4.78 is 54.2. The number of nitrogens with one attached hydrogen (secondary N) is 1. The Bertz CT molecular complexity index is 534. The largest absolute Gasteiger partial charge is 0.374 e. The molecule has 0 unspecified atom stereocenters. The van der Waals surface area contributed by atoms with Gasteiger partial charge in [-0.25, -0.2) is 8.78 Å². The molecule has 0 saturated heterocycles. The zero-order valence-corrected chi connectivity index (χ0v) is 9.84. The van der Waals surface area contributed by atoms with E-state index in [-0.39, 0.29) is 5.56 Å². The highest BCUT2D eigenvalue weighted by Gasteiger charge is 2.31. The molecule has 0 fully saturated rings. The van der Waals surface area contributed by atoms with Crippen molar-refractivity contribution < 1.29 is 17.6 Å². The van der Waals surface area contributed by atoms with E-state index in [9.17, 15) is 17.6 Å². The van der Waals surface area contributed by atoms with Crippen LogP contribution in [0.15, 0.2) is 48.5 Å². The van der Waals surface area contributed by atoms with Crippen LogP contribution in [-0.2, 0) is 5.92 Å². The average molecular weight is 269 g/mol. The first-order valence-electron chi connectivity index (χ1n) is 5.62. The topological polar surface area (TPSA) is 12.0 Å². The van der Waals surface area contributed by atoms with Crippen molar-refractivity contribution >= 4 is 5.69 Å². The molecule has 0 aromatic heterocycles. The number of benzene rings is 2. The molecule has 0 saturated carbocycles. The van der Waals surface area contributed by atoms with E-state index < -0.39 is 29.8 Å². The Hall–Kier alpha value is -2.04. The van der Waals surface area contributed by atoms with Crippen LogP contribution < -0.4 is 5.32 Å². The second-order valence-electron chi connectivity index (χ2n) is 4.02. The first-order chi connectivity index (χ1) is 9.00. The Balaban J connectivity index is 2.14. The third-order valence-corrected chi connectivity index (χ3v) is 2.65. The van der Waals surface area contributed by atoms with Crippen molar-refractivity contribution in [3.63, 3.8) is 0 Å². The van der Waals surface area contributed by atoms with E-state index in [2.05, 4.69) is 5.32 Å². The van der Waals surface area contributed by atoms with Crippen molar-refractivity contribution in [2.45, 2.75) is 5.92 Å². The molecule has 0 atom stereocenters. The zero-order valence-electron chi connectivity index (χ0n) is 9.84. The van der Waals surface area contributed by atoms with Gasteiger partial charge in [-0.3, -0.25) is 0 Å². The SMILES string of the molecule is Fc1cccc(F)c1NCC(F)(F)c1ccccc1. The van der Waals surface area contributed by atoms with Gasteiger partial charge in [0.05, 0.1) is 6.54 Å². The van der Waals surface area contributed by atoms with Crippen LogP contribution in [0, 0.1) is 11.6 Å². The zero-order chi connectivity index (χ0) is 13.9. The quantitative estimate of drug-likeness (QED) is 0.821. The molecule has 0 amide bonds. The van der Waals surface area contributed by atoms with Gasteiger partial charge in [-0.2, -0.15) is 8.78 Å². The minimum absolute atomic E-state index is 0.209. The molecule has 2 aromatic rings. The minimum atomic E-state index is -3.21. The molecule has 2 aromatic carbocycles. The Morgan fingerprint density at radius 2 is 1.42 bits per heavy atom. The lowest BCUT2D eigenvalue weighted by molar-refractivity contribution is 0.0105. The first-order valence-corrected chi connectivity index (χ1v) is 5.62. The summed E-state index contributed by atoms with van der Waals surface area (Å²) in [6.45, 7) is -0.880. The maximum Gasteiger partial charge on any atom is 0.290 e. The van der Waals surface area contributed by atoms with E-state index in [4.69, 9.17) is 0 Å². The molecule has 0 aliphatic rings. The van der Waals surface area contributed by atoms with Gasteiger partial charge in [0.25, 0.3) is 5.92 Å². The number of halogens is 4. The van der Waals surface area contributed by atoms with Crippen molar-refractivity contribution in [1.29, 1.82) is 0 Å². The summed E-state index contributed by atoms with van der Waals surface area (Å²) in [7, 11) is 0. The van der Waals surface area contributed by atoms with Crippen LogP contribution in [0.1, 0.15) is 5.56 Å². The summed E-state index contributed by atoms with van der Waals surface area (Å²) in [5.41, 5.74) is -0.752. The van der Waals surface area contributed by atoms with Crippen molar-refractivity contribution in [2.75, 3.05) is 11.9 Å². The fourth-order valence-electron chi connectivity index (χ4n) is 1.65. The maximum atomic E-state index is 13.8. The average Bonchev–Trinajstić information content (AvgIpc) is 2.39. The number of rotatable bonds is 4. The summed E-state index contributed by atoms with van der Waals surface area (Å²) in [6.07, 6.45) is 0. The third kappa shape index (κ3) is 3.05. The van der Waals surface area contributed by atoms with E-state index in [0.717, 1.165) is 12.1 Å². The summed E-state index contributed by atoms with van der Waals surface area (Å²) >= 11 is 0. The maximum absolute atomic E-state index is 13.8. The second kappa shape index (κ2) is 5.30. The highest BCUT2D eigenvalue weighted by Crippen LogP contribution is 2.29. The van der Waals surface area contributed by atoms with Crippen LogP contribution in [0.2, 0.25) is 0 Å². The summed E-state index contributed by atoms with van der Waals surface area (Å²) in [5.74, 6) is -5.01. The molecule has 2 rings (SSSR count). The van der Waals surface area contributed by atoms with Crippen LogP contribution in [0.25, 0.3) is 0 Å². The van der Waals surface area contributed by atoms with Crippen LogP contribution >= 0.6 is 0 Å². The summed E-state index contributed by atoms with van der Waals surface area (Å²) in [6, 6.07) is 10.3. The molecular formula is C14H11F4N. The molecule has 0 aliphatic heterocycles. The molecule has 5 heteroatoms. The van der Waals surface area contributed by atoms with Gasteiger partial charge in [0.1, 0.15) is 17.3 Å². The standard InChI is InChI=1S/C14H11F4N/c15-11-7-4-8-12(16)13(11)19-9-14(17,18)10-5-2-1-3-6-10/h1-8,19H,9H2. The Morgan fingerprint density at radius 1 is 0.842 bits per heavy atom. The van der Waals surface area contributed by atoms with Gasteiger partial charge in [-0.15, -0.1) is 0 Å². The lowest BCUT2D eigenvalue weighted by Gasteiger charge is -2.18. The molecule has 0 heterocycles. The van der Waals surface area contributed by atoms with Gasteiger partial charge in [0.2, 0.25) is 0 Å². The molecule has 0 radical (unpaired) electrons. The Labute approximate surface area is 107 Å². The van der Waals surface area contributed by atoms with E-state index in [0.29, 0.717) is 0 Å². The van der Waals surface area contributed by atoms with E-state index >= 15 is 0 Å². The number of para-hydroxylation sites is 1. The molecule has 100 valence electrons.